The highest BCUT2D eigenvalue weighted by atomic mass is 16.5. The Kier molecular flexibility index (Phi) is 3.45. The van der Waals surface area contributed by atoms with Gasteiger partial charge in [0.25, 0.3) is 0 Å². The average Bonchev–Trinajstić information content (AvgIpc) is 2.68. The molecule has 1 N–H and O–H groups in total. The zero-order chi connectivity index (χ0) is 10.5. The van der Waals surface area contributed by atoms with Crippen molar-refractivity contribution >= 4 is 6.29 Å². The van der Waals surface area contributed by atoms with Crippen LogP contribution in [0.25, 0.3) is 0 Å². The predicted octanol–water partition coefficient (Wildman–Crippen LogP) is 0.496. The third kappa shape index (κ3) is 2.86. The second-order valence-corrected chi connectivity index (χ2v) is 3.83. The molecule has 1 aromatic rings. The highest BCUT2D eigenvalue weighted by molar-refractivity contribution is 5.52. The van der Waals surface area contributed by atoms with Gasteiger partial charge in [0.15, 0.2) is 5.82 Å². The molecule has 1 saturated heterocycles. The SMILES string of the molecule is O=CCc1nc(CC2CCCCN2)no1. The Hall–Kier alpha value is -1.23. The second-order valence-electron chi connectivity index (χ2n) is 3.83. The fraction of sp³-hybridized carbons (Fsp3) is 0.700. The van der Waals surface area contributed by atoms with Crippen LogP contribution in [0.3, 0.4) is 0 Å². The third-order valence-electron chi connectivity index (χ3n) is 2.61. The topological polar surface area (TPSA) is 68.0 Å². The largest absolute Gasteiger partial charge is 0.339 e. The van der Waals surface area contributed by atoms with E-state index in [0.29, 0.717) is 17.8 Å². The lowest BCUT2D eigenvalue weighted by Gasteiger charge is -2.21. The van der Waals surface area contributed by atoms with E-state index in [0.717, 1.165) is 25.7 Å². The molecule has 0 aromatic carbocycles. The van der Waals surface area contributed by atoms with Crippen molar-refractivity contribution in [3.8, 4) is 0 Å². The number of nitrogens with one attached hydrogen (secondary N) is 1. The number of carbonyl (C=O) groups is 1. The van der Waals surface area contributed by atoms with Gasteiger partial charge < -0.3 is 14.6 Å². The van der Waals surface area contributed by atoms with Gasteiger partial charge >= 0.3 is 0 Å². The fourth-order valence-electron chi connectivity index (χ4n) is 1.85. The van der Waals surface area contributed by atoms with E-state index in [1.807, 2.05) is 0 Å². The Morgan fingerprint density at radius 3 is 3.20 bits per heavy atom. The molecule has 0 aliphatic carbocycles. The van der Waals surface area contributed by atoms with E-state index in [1.165, 1.54) is 12.8 Å². The molecule has 0 radical (unpaired) electrons. The molecule has 1 fully saturated rings. The Bertz CT molecular complexity index is 318. The minimum atomic E-state index is 0.213. The molecule has 1 aliphatic rings. The molecule has 1 atom stereocenters. The van der Waals surface area contributed by atoms with Crippen molar-refractivity contribution in [3.63, 3.8) is 0 Å². The number of aromatic nitrogens is 2. The summed E-state index contributed by atoms with van der Waals surface area (Å²) < 4.78 is 4.93. The van der Waals surface area contributed by atoms with E-state index in [1.54, 1.807) is 0 Å². The van der Waals surface area contributed by atoms with Crippen LogP contribution in [0.5, 0.6) is 0 Å². The van der Waals surface area contributed by atoms with Crippen molar-refractivity contribution in [2.45, 2.75) is 38.1 Å². The first-order chi connectivity index (χ1) is 7.38. The van der Waals surface area contributed by atoms with Gasteiger partial charge in [0, 0.05) is 12.5 Å². The zero-order valence-corrected chi connectivity index (χ0v) is 8.61. The smallest absolute Gasteiger partial charge is 0.233 e. The fourth-order valence-corrected chi connectivity index (χ4v) is 1.85. The molecule has 1 aromatic heterocycles. The summed E-state index contributed by atoms with van der Waals surface area (Å²) in [6.45, 7) is 1.07. The molecule has 2 rings (SSSR count). The summed E-state index contributed by atoms with van der Waals surface area (Å²) in [6.07, 6.45) is 5.46. The van der Waals surface area contributed by atoms with Gasteiger partial charge in [-0.1, -0.05) is 11.6 Å². The lowest BCUT2D eigenvalue weighted by atomic mass is 10.0. The highest BCUT2D eigenvalue weighted by Crippen LogP contribution is 2.11. The van der Waals surface area contributed by atoms with Gasteiger partial charge in [-0.25, -0.2) is 0 Å². The predicted molar refractivity (Wildman–Crippen MR) is 53.4 cm³/mol. The summed E-state index contributed by atoms with van der Waals surface area (Å²) >= 11 is 0. The van der Waals surface area contributed by atoms with Crippen molar-refractivity contribution in [1.82, 2.24) is 15.5 Å². The molecule has 5 nitrogen and oxygen atoms in total. The van der Waals surface area contributed by atoms with E-state index >= 15 is 0 Å². The van der Waals surface area contributed by atoms with E-state index < -0.39 is 0 Å². The Labute approximate surface area is 88.2 Å². The third-order valence-corrected chi connectivity index (χ3v) is 2.61. The minimum Gasteiger partial charge on any atom is -0.339 e. The standard InChI is InChI=1S/C10H15N3O2/c14-6-4-10-12-9(13-15-10)7-8-3-1-2-5-11-8/h6,8,11H,1-5,7H2. The molecule has 5 heteroatoms. The molecule has 1 aliphatic heterocycles. The van der Waals surface area contributed by atoms with Crippen LogP contribution in [-0.2, 0) is 17.6 Å². The molecule has 82 valence electrons. The summed E-state index contributed by atoms with van der Waals surface area (Å²) in [6, 6.07) is 0.459. The van der Waals surface area contributed by atoms with E-state index in [-0.39, 0.29) is 6.42 Å². The maximum atomic E-state index is 10.2. The van der Waals surface area contributed by atoms with Gasteiger partial charge in [0.1, 0.15) is 6.29 Å². The minimum absolute atomic E-state index is 0.213. The summed E-state index contributed by atoms with van der Waals surface area (Å²) in [5, 5.41) is 7.26. The van der Waals surface area contributed by atoms with Gasteiger partial charge in [0.2, 0.25) is 5.89 Å². The number of hydrogen-bond acceptors (Lipinski definition) is 5. The Morgan fingerprint density at radius 2 is 2.47 bits per heavy atom. The van der Waals surface area contributed by atoms with Crippen molar-refractivity contribution in [3.05, 3.63) is 11.7 Å². The average molecular weight is 209 g/mol. The Morgan fingerprint density at radius 1 is 1.53 bits per heavy atom. The second kappa shape index (κ2) is 5.02. The van der Waals surface area contributed by atoms with Crippen LogP contribution in [0.2, 0.25) is 0 Å². The summed E-state index contributed by atoms with van der Waals surface area (Å²) in [5.41, 5.74) is 0. The maximum Gasteiger partial charge on any atom is 0.233 e. The van der Waals surface area contributed by atoms with Crippen LogP contribution in [0, 0.1) is 0 Å². The molecule has 0 spiro atoms. The van der Waals surface area contributed by atoms with Crippen molar-refractivity contribution in [2.24, 2.45) is 0 Å². The first kappa shape index (κ1) is 10.3. The van der Waals surface area contributed by atoms with Crippen LogP contribution in [0.4, 0.5) is 0 Å². The van der Waals surface area contributed by atoms with Gasteiger partial charge in [-0.2, -0.15) is 4.98 Å². The number of piperidine rings is 1. The van der Waals surface area contributed by atoms with Gasteiger partial charge in [0.05, 0.1) is 6.42 Å². The van der Waals surface area contributed by atoms with Gasteiger partial charge in [-0.15, -0.1) is 0 Å². The molecular weight excluding hydrogens is 194 g/mol. The van der Waals surface area contributed by atoms with Crippen LogP contribution in [0.15, 0.2) is 4.52 Å². The van der Waals surface area contributed by atoms with Crippen LogP contribution in [0.1, 0.15) is 31.0 Å². The van der Waals surface area contributed by atoms with E-state index in [2.05, 4.69) is 15.5 Å². The van der Waals surface area contributed by atoms with Crippen LogP contribution in [-0.4, -0.2) is 29.0 Å². The normalized spacial score (nSPS) is 21.5. The summed E-state index contributed by atoms with van der Waals surface area (Å²) in [7, 11) is 0. The number of carbonyl (C=O) groups excluding carboxylic acids is 1. The first-order valence-corrected chi connectivity index (χ1v) is 5.37. The van der Waals surface area contributed by atoms with Crippen LogP contribution >= 0.6 is 0 Å². The lowest BCUT2D eigenvalue weighted by Crippen LogP contribution is -2.35. The monoisotopic (exact) mass is 209 g/mol. The number of aldehydes is 1. The highest BCUT2D eigenvalue weighted by Gasteiger charge is 2.16. The summed E-state index contributed by atoms with van der Waals surface area (Å²) in [5.74, 6) is 1.11. The quantitative estimate of drug-likeness (QED) is 0.731. The molecule has 0 amide bonds. The molecule has 0 saturated carbocycles. The molecule has 1 unspecified atom stereocenters. The maximum absolute atomic E-state index is 10.2. The van der Waals surface area contributed by atoms with E-state index in [9.17, 15) is 4.79 Å². The summed E-state index contributed by atoms with van der Waals surface area (Å²) in [4.78, 5) is 14.4. The molecule has 0 bridgehead atoms. The van der Waals surface area contributed by atoms with Crippen LogP contribution < -0.4 is 5.32 Å². The lowest BCUT2D eigenvalue weighted by molar-refractivity contribution is -0.107. The molecule has 2 heterocycles. The van der Waals surface area contributed by atoms with E-state index in [4.69, 9.17) is 4.52 Å². The number of hydrogen-bond donors (Lipinski definition) is 1. The van der Waals surface area contributed by atoms with Crippen molar-refractivity contribution in [2.75, 3.05) is 6.54 Å². The molecule has 15 heavy (non-hydrogen) atoms. The molecular formula is C10H15N3O2. The Balaban J connectivity index is 1.88. The van der Waals surface area contributed by atoms with Gasteiger partial charge in [-0.3, -0.25) is 0 Å². The zero-order valence-electron chi connectivity index (χ0n) is 8.61. The van der Waals surface area contributed by atoms with Crippen molar-refractivity contribution < 1.29 is 9.32 Å². The number of nitrogens with zero attached hydrogens (tertiary/aromatic N) is 2. The van der Waals surface area contributed by atoms with Gasteiger partial charge in [-0.05, 0) is 19.4 Å². The first-order valence-electron chi connectivity index (χ1n) is 5.37. The number of rotatable bonds is 4. The van der Waals surface area contributed by atoms with Crippen molar-refractivity contribution in [1.29, 1.82) is 0 Å².